The summed E-state index contributed by atoms with van der Waals surface area (Å²) in [7, 11) is 0. The molecule has 112 valence electrons. The first kappa shape index (κ1) is 16.1. The second kappa shape index (κ2) is 8.20. The summed E-state index contributed by atoms with van der Waals surface area (Å²) in [6, 6.07) is 15.5. The van der Waals surface area contributed by atoms with Crippen LogP contribution in [0, 0.1) is 6.92 Å². The third-order valence-electron chi connectivity index (χ3n) is 3.41. The highest BCUT2D eigenvalue weighted by molar-refractivity contribution is 7.98. The molecule has 0 aliphatic rings. The van der Waals surface area contributed by atoms with Crippen molar-refractivity contribution in [2.45, 2.75) is 43.9 Å². The lowest BCUT2D eigenvalue weighted by molar-refractivity contribution is 0.570. The number of benzene rings is 1. The van der Waals surface area contributed by atoms with Crippen molar-refractivity contribution >= 4 is 11.8 Å². The quantitative estimate of drug-likeness (QED) is 0.747. The molecule has 0 saturated heterocycles. The van der Waals surface area contributed by atoms with Crippen LogP contribution in [0.4, 0.5) is 0 Å². The molecule has 0 spiro atoms. The standard InChI is InChI=1S/C18H24N2S/c1-4-12-19-15(3)16-8-10-18(11-9-16)21-13-17-7-5-6-14(2)20-17/h5-11,15,19H,4,12-13H2,1-3H3. The Hall–Kier alpha value is -1.32. The predicted molar refractivity (Wildman–Crippen MR) is 91.7 cm³/mol. The lowest BCUT2D eigenvalue weighted by Crippen LogP contribution is -2.19. The van der Waals surface area contributed by atoms with Gasteiger partial charge in [-0.25, -0.2) is 0 Å². The van der Waals surface area contributed by atoms with Crippen LogP contribution in [0.1, 0.15) is 43.3 Å². The average Bonchev–Trinajstić information content (AvgIpc) is 2.51. The molecule has 3 heteroatoms. The van der Waals surface area contributed by atoms with E-state index in [-0.39, 0.29) is 0 Å². The van der Waals surface area contributed by atoms with Crippen molar-refractivity contribution in [2.75, 3.05) is 6.54 Å². The summed E-state index contributed by atoms with van der Waals surface area (Å²) in [5, 5.41) is 3.52. The summed E-state index contributed by atoms with van der Waals surface area (Å²) in [5.41, 5.74) is 3.57. The lowest BCUT2D eigenvalue weighted by Gasteiger charge is -2.14. The molecule has 0 radical (unpaired) electrons. The summed E-state index contributed by atoms with van der Waals surface area (Å²) in [4.78, 5) is 5.83. The van der Waals surface area contributed by atoms with Crippen LogP contribution in [-0.4, -0.2) is 11.5 Å². The van der Waals surface area contributed by atoms with Crippen molar-refractivity contribution in [1.82, 2.24) is 10.3 Å². The number of nitrogens with one attached hydrogen (secondary N) is 1. The fraction of sp³-hybridized carbons (Fsp3) is 0.389. The van der Waals surface area contributed by atoms with Crippen molar-refractivity contribution in [3.05, 3.63) is 59.4 Å². The molecule has 2 nitrogen and oxygen atoms in total. The van der Waals surface area contributed by atoms with Gasteiger partial charge in [0.25, 0.3) is 0 Å². The van der Waals surface area contributed by atoms with Crippen molar-refractivity contribution in [1.29, 1.82) is 0 Å². The van der Waals surface area contributed by atoms with Gasteiger partial charge >= 0.3 is 0 Å². The molecule has 0 saturated carbocycles. The van der Waals surface area contributed by atoms with Crippen LogP contribution in [0.25, 0.3) is 0 Å². The highest BCUT2D eigenvalue weighted by Crippen LogP contribution is 2.24. The van der Waals surface area contributed by atoms with E-state index in [2.05, 4.69) is 60.5 Å². The normalized spacial score (nSPS) is 12.3. The summed E-state index contributed by atoms with van der Waals surface area (Å²) in [5.74, 6) is 0.921. The minimum absolute atomic E-state index is 0.419. The maximum absolute atomic E-state index is 4.54. The topological polar surface area (TPSA) is 24.9 Å². The van der Waals surface area contributed by atoms with Crippen molar-refractivity contribution < 1.29 is 0 Å². The molecule has 1 N–H and O–H groups in total. The van der Waals surface area contributed by atoms with Crippen LogP contribution >= 0.6 is 11.8 Å². The number of rotatable bonds is 7. The minimum Gasteiger partial charge on any atom is -0.310 e. The second-order valence-corrected chi connectivity index (χ2v) is 6.35. The Labute approximate surface area is 132 Å². The molecule has 1 aromatic carbocycles. The van der Waals surface area contributed by atoms with Gasteiger partial charge in [-0.1, -0.05) is 25.1 Å². The summed E-state index contributed by atoms with van der Waals surface area (Å²) in [6.07, 6.45) is 1.17. The SMILES string of the molecule is CCCNC(C)c1ccc(SCc2cccc(C)n2)cc1. The van der Waals surface area contributed by atoms with E-state index < -0.39 is 0 Å². The Morgan fingerprint density at radius 2 is 1.90 bits per heavy atom. The molecule has 0 bridgehead atoms. The van der Waals surface area contributed by atoms with E-state index in [1.165, 1.54) is 16.9 Å². The number of aromatic nitrogens is 1. The summed E-state index contributed by atoms with van der Waals surface area (Å²) >= 11 is 1.84. The molecule has 21 heavy (non-hydrogen) atoms. The molecular formula is C18H24N2S. The van der Waals surface area contributed by atoms with Gasteiger partial charge in [0.05, 0.1) is 5.69 Å². The molecule has 0 aliphatic carbocycles. The van der Waals surface area contributed by atoms with E-state index in [4.69, 9.17) is 0 Å². The first-order valence-electron chi connectivity index (χ1n) is 7.57. The number of hydrogen-bond donors (Lipinski definition) is 1. The van der Waals surface area contributed by atoms with Crippen LogP contribution in [0.15, 0.2) is 47.4 Å². The first-order chi connectivity index (χ1) is 10.2. The van der Waals surface area contributed by atoms with E-state index in [9.17, 15) is 0 Å². The Morgan fingerprint density at radius 3 is 2.57 bits per heavy atom. The lowest BCUT2D eigenvalue weighted by atomic mass is 10.1. The molecule has 1 heterocycles. The van der Waals surface area contributed by atoms with Gasteiger partial charge in [-0.15, -0.1) is 11.8 Å². The van der Waals surface area contributed by atoms with E-state index in [1.54, 1.807) is 0 Å². The maximum atomic E-state index is 4.54. The zero-order valence-corrected chi connectivity index (χ0v) is 13.9. The molecule has 1 atom stereocenters. The van der Waals surface area contributed by atoms with E-state index in [0.29, 0.717) is 6.04 Å². The molecule has 0 fully saturated rings. The molecule has 1 aromatic heterocycles. The number of nitrogens with zero attached hydrogens (tertiary/aromatic N) is 1. The highest BCUT2D eigenvalue weighted by atomic mass is 32.2. The molecule has 2 aromatic rings. The Morgan fingerprint density at radius 1 is 1.14 bits per heavy atom. The van der Waals surface area contributed by atoms with Crippen molar-refractivity contribution in [3.8, 4) is 0 Å². The van der Waals surface area contributed by atoms with Crippen molar-refractivity contribution in [2.24, 2.45) is 0 Å². The monoisotopic (exact) mass is 300 g/mol. The minimum atomic E-state index is 0.419. The third-order valence-corrected chi connectivity index (χ3v) is 4.46. The van der Waals surface area contributed by atoms with Crippen LogP contribution < -0.4 is 5.32 Å². The number of thioether (sulfide) groups is 1. The van der Waals surface area contributed by atoms with Gasteiger partial charge in [0.2, 0.25) is 0 Å². The van der Waals surface area contributed by atoms with Gasteiger partial charge < -0.3 is 5.32 Å². The van der Waals surface area contributed by atoms with Gasteiger partial charge in [0, 0.05) is 22.4 Å². The number of hydrogen-bond acceptors (Lipinski definition) is 3. The predicted octanol–water partition coefficient (Wildman–Crippen LogP) is 4.74. The zero-order chi connectivity index (χ0) is 15.1. The number of pyridine rings is 1. The molecule has 2 rings (SSSR count). The Kier molecular flexibility index (Phi) is 6.27. The van der Waals surface area contributed by atoms with Gasteiger partial charge in [-0.3, -0.25) is 4.98 Å². The van der Waals surface area contributed by atoms with Crippen LogP contribution in [0.2, 0.25) is 0 Å². The smallest absolute Gasteiger partial charge is 0.0509 e. The highest BCUT2D eigenvalue weighted by Gasteiger charge is 2.04. The molecule has 1 unspecified atom stereocenters. The van der Waals surface area contributed by atoms with Crippen LogP contribution in [-0.2, 0) is 5.75 Å². The van der Waals surface area contributed by atoms with Gasteiger partial charge in [-0.05, 0) is 56.6 Å². The molecule has 0 aliphatic heterocycles. The molecule has 0 amide bonds. The van der Waals surface area contributed by atoms with E-state index in [0.717, 1.165) is 23.7 Å². The summed E-state index contributed by atoms with van der Waals surface area (Å²) in [6.45, 7) is 7.51. The maximum Gasteiger partial charge on any atom is 0.0509 e. The van der Waals surface area contributed by atoms with Crippen LogP contribution in [0.5, 0.6) is 0 Å². The largest absolute Gasteiger partial charge is 0.310 e. The first-order valence-corrected chi connectivity index (χ1v) is 8.56. The van der Waals surface area contributed by atoms with Gasteiger partial charge in [0.1, 0.15) is 0 Å². The molecular weight excluding hydrogens is 276 g/mol. The number of aryl methyl sites for hydroxylation is 1. The zero-order valence-electron chi connectivity index (χ0n) is 13.1. The van der Waals surface area contributed by atoms with E-state index >= 15 is 0 Å². The Balaban J connectivity index is 1.90. The Bertz CT molecular complexity index is 551. The average molecular weight is 300 g/mol. The van der Waals surface area contributed by atoms with E-state index in [1.807, 2.05) is 24.8 Å². The third kappa shape index (κ3) is 5.18. The van der Waals surface area contributed by atoms with Gasteiger partial charge in [0.15, 0.2) is 0 Å². The fourth-order valence-electron chi connectivity index (χ4n) is 2.17. The summed E-state index contributed by atoms with van der Waals surface area (Å²) < 4.78 is 0. The van der Waals surface area contributed by atoms with Crippen LogP contribution in [0.3, 0.4) is 0 Å². The second-order valence-electron chi connectivity index (χ2n) is 5.30. The van der Waals surface area contributed by atoms with Crippen molar-refractivity contribution in [3.63, 3.8) is 0 Å². The fourth-order valence-corrected chi connectivity index (χ4v) is 2.97. The van der Waals surface area contributed by atoms with Gasteiger partial charge in [-0.2, -0.15) is 0 Å².